The average molecular weight is 863 g/mol. The van der Waals surface area contributed by atoms with Crippen LogP contribution in [0.1, 0.15) is 158 Å². The summed E-state index contributed by atoms with van der Waals surface area (Å²) in [6.45, 7) is 8.33. The first-order valence-electron chi connectivity index (χ1n) is 22.7. The van der Waals surface area contributed by atoms with Gasteiger partial charge in [-0.2, -0.15) is 0 Å². The van der Waals surface area contributed by atoms with E-state index in [9.17, 15) is 23.8 Å². The SMILES string of the molecule is CCCCC/C=C\C/C=C\C/C=C\C=C\C(=O)CCCC(=O)OC[C@H](COP(=O)(O)OCC[N+](C)(C)C)OC(=O)CCCCCCCCc1oc(CCCCC)c(C)c1C. The summed E-state index contributed by atoms with van der Waals surface area (Å²) in [7, 11) is 1.32. The first kappa shape index (κ1) is 54.9. The number of esters is 2. The molecule has 0 aliphatic heterocycles. The van der Waals surface area contributed by atoms with Crippen LogP contribution >= 0.6 is 7.82 Å². The van der Waals surface area contributed by atoms with Crippen LogP contribution in [0, 0.1) is 13.8 Å². The van der Waals surface area contributed by atoms with Gasteiger partial charge >= 0.3 is 19.8 Å². The Morgan fingerprint density at radius 3 is 1.93 bits per heavy atom. The molecule has 0 amide bonds. The second-order valence-electron chi connectivity index (χ2n) is 16.7. The smallest absolute Gasteiger partial charge is 0.466 e. The van der Waals surface area contributed by atoms with E-state index in [1.54, 1.807) is 6.08 Å². The molecule has 0 bridgehead atoms. The van der Waals surface area contributed by atoms with Gasteiger partial charge in [-0.1, -0.05) is 108 Å². The molecule has 0 radical (unpaired) electrons. The summed E-state index contributed by atoms with van der Waals surface area (Å²) in [5.74, 6) is 1.05. The van der Waals surface area contributed by atoms with Gasteiger partial charge in [-0.25, -0.2) is 4.57 Å². The van der Waals surface area contributed by atoms with Crippen molar-refractivity contribution < 1.29 is 51.3 Å². The third-order valence-electron chi connectivity index (χ3n) is 10.0. The van der Waals surface area contributed by atoms with Crippen molar-refractivity contribution in [2.45, 2.75) is 169 Å². The van der Waals surface area contributed by atoms with Crippen molar-refractivity contribution >= 4 is 25.5 Å². The molecule has 2 atom stereocenters. The van der Waals surface area contributed by atoms with Gasteiger partial charge in [0, 0.05) is 32.1 Å². The summed E-state index contributed by atoms with van der Waals surface area (Å²) in [5, 5.41) is 0. The van der Waals surface area contributed by atoms with Gasteiger partial charge < -0.3 is 23.3 Å². The number of rotatable bonds is 37. The lowest BCUT2D eigenvalue weighted by Crippen LogP contribution is -2.37. The normalized spacial score (nSPS) is 13.9. The summed E-state index contributed by atoms with van der Waals surface area (Å²) >= 11 is 0. The zero-order valence-corrected chi connectivity index (χ0v) is 39.3. The second-order valence-corrected chi connectivity index (χ2v) is 18.2. The Kier molecular flexibility index (Phi) is 30.7. The van der Waals surface area contributed by atoms with E-state index >= 15 is 0 Å². The first-order valence-corrected chi connectivity index (χ1v) is 24.2. The lowest BCUT2D eigenvalue weighted by molar-refractivity contribution is -0.870. The van der Waals surface area contributed by atoms with Crippen LogP contribution in [0.25, 0.3) is 0 Å². The van der Waals surface area contributed by atoms with Gasteiger partial charge in [0.05, 0.1) is 27.7 Å². The lowest BCUT2D eigenvalue weighted by Gasteiger charge is -2.24. The van der Waals surface area contributed by atoms with Gasteiger partial charge in [-0.05, 0) is 82.4 Å². The molecule has 0 spiro atoms. The van der Waals surface area contributed by atoms with E-state index in [0.29, 0.717) is 17.4 Å². The first-order chi connectivity index (χ1) is 28.7. The summed E-state index contributed by atoms with van der Waals surface area (Å²) in [5.41, 5.74) is 2.57. The zero-order chi connectivity index (χ0) is 44.5. The van der Waals surface area contributed by atoms with E-state index in [1.165, 1.54) is 49.3 Å². The van der Waals surface area contributed by atoms with Crippen molar-refractivity contribution in [2.24, 2.45) is 0 Å². The Labute approximate surface area is 363 Å². The van der Waals surface area contributed by atoms with Gasteiger partial charge in [-0.15, -0.1) is 0 Å². The van der Waals surface area contributed by atoms with Crippen LogP contribution in [0.15, 0.2) is 53.0 Å². The molecule has 1 heterocycles. The Bertz CT molecular complexity index is 1500. The number of nitrogens with zero attached hydrogens (tertiary/aromatic N) is 1. The van der Waals surface area contributed by atoms with Gasteiger partial charge in [0.1, 0.15) is 31.3 Å². The van der Waals surface area contributed by atoms with Crippen LogP contribution in [-0.4, -0.2) is 80.7 Å². The van der Waals surface area contributed by atoms with Gasteiger partial charge in [-0.3, -0.25) is 23.4 Å². The van der Waals surface area contributed by atoms with Crippen LogP contribution < -0.4 is 0 Å². The Balaban J connectivity index is 2.47. The largest absolute Gasteiger partial charge is 0.472 e. The summed E-state index contributed by atoms with van der Waals surface area (Å²) < 4.78 is 40.4. The molecule has 1 rings (SSSR count). The van der Waals surface area contributed by atoms with E-state index in [4.69, 9.17) is 22.9 Å². The molecule has 11 nitrogen and oxygen atoms in total. The van der Waals surface area contributed by atoms with Crippen LogP contribution in [0.3, 0.4) is 0 Å². The number of ether oxygens (including phenoxy) is 2. The zero-order valence-electron chi connectivity index (χ0n) is 38.4. The number of phosphoric acid groups is 1. The van der Waals surface area contributed by atoms with E-state index < -0.39 is 32.5 Å². The Morgan fingerprint density at radius 1 is 0.683 bits per heavy atom. The molecule has 0 aliphatic rings. The van der Waals surface area contributed by atoms with Crippen LogP contribution in [0.4, 0.5) is 0 Å². The van der Waals surface area contributed by atoms with Gasteiger partial charge in [0.25, 0.3) is 0 Å². The van der Waals surface area contributed by atoms with Crippen molar-refractivity contribution in [1.29, 1.82) is 0 Å². The van der Waals surface area contributed by atoms with Crippen molar-refractivity contribution in [3.8, 4) is 0 Å². The Morgan fingerprint density at radius 2 is 1.27 bits per heavy atom. The maximum atomic E-state index is 12.8. The minimum absolute atomic E-state index is 0.0116. The average Bonchev–Trinajstić information content (AvgIpc) is 3.46. The highest BCUT2D eigenvalue weighted by atomic mass is 31.2. The fraction of sp³-hybridized carbons (Fsp3) is 0.688. The maximum Gasteiger partial charge on any atom is 0.472 e. The van der Waals surface area contributed by atoms with E-state index in [-0.39, 0.29) is 44.7 Å². The predicted molar refractivity (Wildman–Crippen MR) is 242 cm³/mol. The number of allylic oxidation sites excluding steroid dienone is 8. The van der Waals surface area contributed by atoms with Gasteiger partial charge in [0.15, 0.2) is 11.9 Å². The third-order valence-corrected chi connectivity index (χ3v) is 11.0. The van der Waals surface area contributed by atoms with E-state index in [0.717, 1.165) is 82.1 Å². The number of carbonyl (C=O) groups excluding carboxylic acids is 3. The molecule has 342 valence electrons. The van der Waals surface area contributed by atoms with Crippen LogP contribution in [-0.2, 0) is 50.3 Å². The van der Waals surface area contributed by atoms with Crippen molar-refractivity contribution in [1.82, 2.24) is 0 Å². The molecule has 0 saturated heterocycles. The topological polar surface area (TPSA) is 139 Å². The highest BCUT2D eigenvalue weighted by Crippen LogP contribution is 2.43. The standard InChI is InChI=1S/C48H80NO10P/c1-8-10-12-13-14-15-16-17-18-19-20-23-27-31-43(50)32-30-36-47(51)55-39-44(40-57-60(53,54)56-38-37-49(5,6)7)58-48(52)35-29-25-22-21-24-28-34-46-42(4)41(3)45(59-46)33-26-11-9-2/h14-15,17-18,20,23,27,31,44H,8-13,16,19,21-22,24-26,28-30,32-40H2,1-7H3/p+1/b15-14-,18-17-,23-20-,31-27+/t44-/m1/s1. The number of phosphoric ester groups is 1. The number of aryl methyl sites for hydroxylation is 2. The number of hydrogen-bond acceptors (Lipinski definition) is 9. The molecule has 0 fully saturated rings. The van der Waals surface area contributed by atoms with E-state index in [1.807, 2.05) is 33.3 Å². The molecule has 0 saturated carbocycles. The van der Waals surface area contributed by atoms with Crippen molar-refractivity contribution in [3.05, 3.63) is 71.3 Å². The number of hydrogen-bond donors (Lipinski definition) is 1. The number of ketones is 1. The number of furan rings is 1. The summed E-state index contributed by atoms with van der Waals surface area (Å²) in [4.78, 5) is 47.8. The monoisotopic (exact) mass is 863 g/mol. The Hall–Kier alpha value is -3.08. The lowest BCUT2D eigenvalue weighted by atomic mass is 10.0. The number of unbranched alkanes of at least 4 members (excludes halogenated alkanes) is 10. The molecule has 12 heteroatoms. The highest BCUT2D eigenvalue weighted by Gasteiger charge is 2.27. The summed E-state index contributed by atoms with van der Waals surface area (Å²) in [6.07, 6.45) is 32.9. The second kappa shape index (κ2) is 33.5. The minimum atomic E-state index is -4.45. The number of carbonyl (C=O) groups is 3. The molecule has 1 unspecified atom stereocenters. The van der Waals surface area contributed by atoms with Crippen molar-refractivity contribution in [3.63, 3.8) is 0 Å². The van der Waals surface area contributed by atoms with Gasteiger partial charge in [0.2, 0.25) is 0 Å². The molecular weight excluding hydrogens is 781 g/mol. The molecule has 1 aromatic rings. The molecule has 60 heavy (non-hydrogen) atoms. The van der Waals surface area contributed by atoms with Crippen LogP contribution in [0.5, 0.6) is 0 Å². The molecule has 0 aromatic carbocycles. The van der Waals surface area contributed by atoms with Crippen molar-refractivity contribution in [2.75, 3.05) is 47.5 Å². The summed E-state index contributed by atoms with van der Waals surface area (Å²) in [6, 6.07) is 0. The number of likely N-dealkylation sites (N-methyl/N-ethyl adjacent to an activating group) is 1. The third kappa shape index (κ3) is 30.0. The molecule has 1 N–H and O–H groups in total. The van der Waals surface area contributed by atoms with E-state index in [2.05, 4.69) is 52.0 Å². The predicted octanol–water partition coefficient (Wildman–Crippen LogP) is 11.5. The quantitative estimate of drug-likeness (QED) is 0.0131. The number of quaternary nitrogens is 1. The molecule has 1 aromatic heterocycles. The van der Waals surface area contributed by atoms with Crippen LogP contribution in [0.2, 0.25) is 0 Å². The maximum absolute atomic E-state index is 12.8. The minimum Gasteiger partial charge on any atom is -0.466 e. The fourth-order valence-corrected chi connectivity index (χ4v) is 6.89. The molecule has 0 aliphatic carbocycles. The molecular formula is C48H81NO10P+. The highest BCUT2D eigenvalue weighted by molar-refractivity contribution is 7.47. The fourth-order valence-electron chi connectivity index (χ4n) is 6.14.